The molecule has 9 rings (SSSR count). The number of benzene rings is 2. The van der Waals surface area contributed by atoms with Gasteiger partial charge in [0.1, 0.15) is 47.3 Å². The van der Waals surface area contributed by atoms with Crippen molar-refractivity contribution in [3.63, 3.8) is 0 Å². The van der Waals surface area contributed by atoms with Crippen LogP contribution in [0.4, 0.5) is 0 Å². The van der Waals surface area contributed by atoms with Crippen LogP contribution in [0.3, 0.4) is 0 Å². The number of imidazole rings is 2. The SMILES string of the molecule is O=C(N[C@@H](C(=O)N1CCC[C@H]1c1ncc(C#CC#CC2COC(C#Cc3cnc([C@@H]4CCCN4C(=O)[C@H](NC(=O)C4CC4)c4ccccc4)[nH]3)CO2)[nH]1)c1ccccc1)C1CC1. The number of nitrogens with zero attached hydrogens (tertiary/aromatic N) is 4. The van der Waals surface area contributed by atoms with Crippen LogP contribution in [0.25, 0.3) is 0 Å². The van der Waals surface area contributed by atoms with Crippen LogP contribution >= 0.6 is 0 Å². The number of hydrogen-bond donors (Lipinski definition) is 4. The molecule has 62 heavy (non-hydrogen) atoms. The highest BCUT2D eigenvalue weighted by Crippen LogP contribution is 2.36. The molecule has 2 unspecified atom stereocenters. The summed E-state index contributed by atoms with van der Waals surface area (Å²) in [6, 6.07) is 16.8. The average molecular weight is 833 g/mol. The van der Waals surface area contributed by atoms with Gasteiger partial charge in [-0.3, -0.25) is 19.2 Å². The van der Waals surface area contributed by atoms with E-state index < -0.39 is 24.3 Å². The maximum Gasteiger partial charge on any atom is 0.250 e. The molecule has 3 saturated heterocycles. The van der Waals surface area contributed by atoms with Gasteiger partial charge in [-0.2, -0.15) is 0 Å². The molecule has 0 radical (unpaired) electrons. The third-order valence-corrected chi connectivity index (χ3v) is 11.9. The number of carbonyl (C=O) groups excluding carboxylic acids is 4. The molecule has 4 aromatic rings. The Hall–Kier alpha value is -6.66. The molecule has 6 atom stereocenters. The molecule has 5 fully saturated rings. The molecule has 4 N–H and O–H groups in total. The fourth-order valence-corrected chi connectivity index (χ4v) is 8.22. The highest BCUT2D eigenvalue weighted by molar-refractivity contribution is 5.91. The number of hydrogen-bond acceptors (Lipinski definition) is 8. The number of H-pyrrole nitrogens is 2. The number of amides is 4. The maximum absolute atomic E-state index is 14.0. The van der Waals surface area contributed by atoms with Gasteiger partial charge in [0.25, 0.3) is 0 Å². The van der Waals surface area contributed by atoms with Crippen LogP contribution in [0.5, 0.6) is 0 Å². The van der Waals surface area contributed by atoms with Crippen LogP contribution in [0, 0.1) is 47.4 Å². The molecule has 2 saturated carbocycles. The van der Waals surface area contributed by atoms with Gasteiger partial charge in [-0.1, -0.05) is 72.5 Å². The molecular formula is C48H48N8O6. The van der Waals surface area contributed by atoms with Gasteiger partial charge in [-0.05, 0) is 86.2 Å². The minimum absolute atomic E-state index is 0.0136. The van der Waals surface area contributed by atoms with Crippen molar-refractivity contribution in [1.29, 1.82) is 0 Å². The first-order valence-corrected chi connectivity index (χ1v) is 21.6. The van der Waals surface area contributed by atoms with E-state index in [1.165, 1.54) is 0 Å². The van der Waals surface area contributed by atoms with E-state index in [1.54, 1.807) is 17.3 Å². The van der Waals surface area contributed by atoms with Crippen molar-refractivity contribution in [2.45, 2.75) is 87.7 Å². The highest BCUT2D eigenvalue weighted by atomic mass is 16.6. The zero-order valence-corrected chi connectivity index (χ0v) is 34.3. The second kappa shape index (κ2) is 18.5. The molecule has 5 heterocycles. The lowest BCUT2D eigenvalue weighted by atomic mass is 10.0. The molecule has 14 nitrogen and oxygen atoms in total. The van der Waals surface area contributed by atoms with Crippen molar-refractivity contribution in [3.05, 3.63) is 107 Å². The molecular weight excluding hydrogens is 785 g/mol. The van der Waals surface area contributed by atoms with E-state index in [1.807, 2.05) is 65.6 Å². The highest BCUT2D eigenvalue weighted by Gasteiger charge is 2.40. The Morgan fingerprint density at radius 1 is 0.613 bits per heavy atom. The minimum Gasteiger partial charge on any atom is -0.359 e. The van der Waals surface area contributed by atoms with Gasteiger partial charge in [0, 0.05) is 24.9 Å². The standard InChI is InChI=1S/C48H48N8O6/c57-45(33-19-20-33)53-41(31-11-3-1-4-12-31)47(59)55-25-9-17-39(55)43-49-27-35(51-43)15-7-8-16-37-29-62-38(30-61-37)24-23-36-28-50-44(52-36)40-18-10-26-56(40)48(60)42(32-13-5-2-6-14-32)54-46(58)34-21-22-34/h1-6,11-14,27-28,33-34,37-42H,9-10,17-22,25-26,29-30H2,(H,49,51)(H,50,52)(H,53,57)(H,54,58)/t37?,38?,39-,40-,41+,42+/m0/s1. The van der Waals surface area contributed by atoms with Crippen molar-refractivity contribution in [1.82, 2.24) is 40.4 Å². The summed E-state index contributed by atoms with van der Waals surface area (Å²) in [5.41, 5.74) is 2.70. The summed E-state index contributed by atoms with van der Waals surface area (Å²) in [5, 5.41) is 6.02. The van der Waals surface area contributed by atoms with Gasteiger partial charge in [0.05, 0.1) is 37.7 Å². The lowest BCUT2D eigenvalue weighted by Crippen LogP contribution is -2.43. The third-order valence-electron chi connectivity index (χ3n) is 11.9. The fraction of sp³-hybridized carbons (Fsp3) is 0.417. The molecule has 2 aromatic carbocycles. The second-order valence-corrected chi connectivity index (χ2v) is 16.4. The largest absolute Gasteiger partial charge is 0.359 e. The molecule has 2 aromatic heterocycles. The molecule has 2 aliphatic carbocycles. The number of likely N-dealkylation sites (tertiary alicyclic amines) is 2. The van der Waals surface area contributed by atoms with Crippen molar-refractivity contribution >= 4 is 23.6 Å². The van der Waals surface area contributed by atoms with E-state index in [0.29, 0.717) is 36.1 Å². The molecule has 14 heteroatoms. The van der Waals surface area contributed by atoms with Gasteiger partial charge < -0.3 is 39.9 Å². The Kier molecular flexibility index (Phi) is 12.2. The van der Waals surface area contributed by atoms with Crippen molar-refractivity contribution < 1.29 is 28.7 Å². The molecule has 0 bridgehead atoms. The van der Waals surface area contributed by atoms with Crippen LogP contribution in [-0.2, 0) is 28.7 Å². The lowest BCUT2D eigenvalue weighted by Gasteiger charge is -2.28. The first kappa shape index (κ1) is 40.7. The second-order valence-electron chi connectivity index (χ2n) is 16.4. The number of ether oxygens (including phenoxy) is 2. The van der Waals surface area contributed by atoms with Gasteiger partial charge in [0.15, 0.2) is 0 Å². The van der Waals surface area contributed by atoms with Crippen molar-refractivity contribution in [3.8, 4) is 35.5 Å². The predicted octanol–water partition coefficient (Wildman–Crippen LogP) is 4.19. The summed E-state index contributed by atoms with van der Waals surface area (Å²) in [5.74, 6) is 18.7. The topological polar surface area (TPSA) is 175 Å². The van der Waals surface area contributed by atoms with Crippen LogP contribution in [0.15, 0.2) is 73.1 Å². The van der Waals surface area contributed by atoms with Crippen LogP contribution in [0.1, 0.15) is 110 Å². The molecule has 0 spiro atoms. The Bertz CT molecular complexity index is 2470. The van der Waals surface area contributed by atoms with Gasteiger partial charge in [0.2, 0.25) is 23.6 Å². The summed E-state index contributed by atoms with van der Waals surface area (Å²) in [6.07, 6.45) is 8.96. The monoisotopic (exact) mass is 832 g/mol. The normalized spacial score (nSPS) is 22.8. The lowest BCUT2D eigenvalue weighted by molar-refractivity contribution is -0.138. The van der Waals surface area contributed by atoms with E-state index in [-0.39, 0.29) is 60.8 Å². The first-order valence-electron chi connectivity index (χ1n) is 21.6. The average Bonchev–Trinajstić information content (AvgIpc) is 4.08. The van der Waals surface area contributed by atoms with E-state index in [9.17, 15) is 19.2 Å². The quantitative estimate of drug-likeness (QED) is 0.172. The number of nitrogens with one attached hydrogen (secondary N) is 4. The van der Waals surface area contributed by atoms with Crippen molar-refractivity contribution in [2.24, 2.45) is 11.8 Å². The Labute approximate surface area is 360 Å². The van der Waals surface area contributed by atoms with E-state index >= 15 is 0 Å². The Morgan fingerprint density at radius 3 is 1.55 bits per heavy atom. The minimum atomic E-state index is -0.756. The third kappa shape index (κ3) is 9.61. The number of aromatic amines is 2. The summed E-state index contributed by atoms with van der Waals surface area (Å²) >= 11 is 0. The zero-order chi connectivity index (χ0) is 42.4. The van der Waals surface area contributed by atoms with E-state index in [0.717, 1.165) is 62.5 Å². The van der Waals surface area contributed by atoms with Crippen LogP contribution in [0.2, 0.25) is 0 Å². The Balaban J connectivity index is 0.766. The van der Waals surface area contributed by atoms with E-state index in [2.05, 4.69) is 66.1 Å². The molecule has 316 valence electrons. The van der Waals surface area contributed by atoms with Gasteiger partial charge in [-0.25, -0.2) is 9.97 Å². The van der Waals surface area contributed by atoms with Crippen LogP contribution in [-0.4, -0.2) is 91.9 Å². The molecule has 4 amide bonds. The predicted molar refractivity (Wildman–Crippen MR) is 226 cm³/mol. The summed E-state index contributed by atoms with van der Waals surface area (Å²) in [4.78, 5) is 72.7. The molecule has 3 aliphatic heterocycles. The first-order chi connectivity index (χ1) is 30.4. The smallest absolute Gasteiger partial charge is 0.250 e. The number of carbonyl (C=O) groups is 4. The Morgan fingerprint density at radius 2 is 1.08 bits per heavy atom. The van der Waals surface area contributed by atoms with Gasteiger partial charge >= 0.3 is 0 Å². The molecule has 5 aliphatic rings. The van der Waals surface area contributed by atoms with E-state index in [4.69, 9.17) is 9.47 Å². The maximum atomic E-state index is 14.0. The summed E-state index contributed by atoms with van der Waals surface area (Å²) < 4.78 is 11.8. The summed E-state index contributed by atoms with van der Waals surface area (Å²) in [7, 11) is 0. The number of rotatable bonds is 10. The van der Waals surface area contributed by atoms with Crippen LogP contribution < -0.4 is 10.6 Å². The fourth-order valence-electron chi connectivity index (χ4n) is 8.22. The van der Waals surface area contributed by atoms with Crippen molar-refractivity contribution in [2.75, 3.05) is 26.3 Å². The van der Waals surface area contributed by atoms with Gasteiger partial charge in [-0.15, -0.1) is 0 Å². The summed E-state index contributed by atoms with van der Waals surface area (Å²) in [6.45, 7) is 1.60. The zero-order valence-electron chi connectivity index (χ0n) is 34.3. The number of aromatic nitrogens is 4.